The van der Waals surface area contributed by atoms with Gasteiger partial charge in [0.05, 0.1) is 0 Å². The molecule has 1 aromatic heterocycles. The first-order chi connectivity index (χ1) is 9.63. The molecule has 1 fully saturated rings. The Morgan fingerprint density at radius 2 is 2.20 bits per heavy atom. The number of hydrogen-bond donors (Lipinski definition) is 1. The van der Waals surface area contributed by atoms with E-state index in [0.29, 0.717) is 5.82 Å². The van der Waals surface area contributed by atoms with Crippen LogP contribution in [-0.2, 0) is 4.79 Å². The molecule has 0 aliphatic heterocycles. The van der Waals surface area contributed by atoms with E-state index in [1.54, 1.807) is 18.3 Å². The van der Waals surface area contributed by atoms with E-state index >= 15 is 0 Å². The Morgan fingerprint density at radius 3 is 2.90 bits per heavy atom. The van der Waals surface area contributed by atoms with Gasteiger partial charge in [-0.1, -0.05) is 12.1 Å². The lowest BCUT2D eigenvalue weighted by Crippen LogP contribution is -2.15. The molecular weight excluding hydrogens is 323 g/mol. The van der Waals surface area contributed by atoms with E-state index in [9.17, 15) is 9.18 Å². The summed E-state index contributed by atoms with van der Waals surface area (Å²) in [5.74, 6) is 0.226. The van der Waals surface area contributed by atoms with Crippen LogP contribution in [0.5, 0.6) is 0 Å². The molecule has 2 aromatic rings. The highest BCUT2D eigenvalue weighted by Gasteiger charge is 2.44. The lowest BCUT2D eigenvalue weighted by molar-refractivity contribution is -0.117. The summed E-state index contributed by atoms with van der Waals surface area (Å²) >= 11 is 3.29. The lowest BCUT2D eigenvalue weighted by atomic mass is 10.1. The highest BCUT2D eigenvalue weighted by molar-refractivity contribution is 9.10. The van der Waals surface area contributed by atoms with Crippen molar-refractivity contribution in [3.8, 4) is 0 Å². The maximum absolute atomic E-state index is 13.2. The number of pyridine rings is 1. The van der Waals surface area contributed by atoms with E-state index < -0.39 is 0 Å². The fraction of sp³-hybridized carbons (Fsp3) is 0.200. The highest BCUT2D eigenvalue weighted by atomic mass is 79.9. The van der Waals surface area contributed by atoms with Crippen LogP contribution < -0.4 is 5.32 Å². The van der Waals surface area contributed by atoms with Gasteiger partial charge in [-0.15, -0.1) is 0 Å². The molecule has 1 amide bonds. The first-order valence-electron chi connectivity index (χ1n) is 6.31. The van der Waals surface area contributed by atoms with Crippen LogP contribution >= 0.6 is 15.9 Å². The molecule has 1 heterocycles. The quantitative estimate of drug-likeness (QED) is 0.929. The molecule has 5 heteroatoms. The minimum absolute atomic E-state index is 0.0610. The van der Waals surface area contributed by atoms with Crippen LogP contribution in [-0.4, -0.2) is 10.9 Å². The molecule has 0 spiro atoms. The van der Waals surface area contributed by atoms with Crippen LogP contribution in [0.25, 0.3) is 0 Å². The summed E-state index contributed by atoms with van der Waals surface area (Å²) in [6.45, 7) is 0. The van der Waals surface area contributed by atoms with Gasteiger partial charge in [0.25, 0.3) is 0 Å². The van der Waals surface area contributed by atoms with E-state index in [-0.39, 0.29) is 23.6 Å². The topological polar surface area (TPSA) is 42.0 Å². The Kier molecular flexibility index (Phi) is 3.53. The summed E-state index contributed by atoms with van der Waals surface area (Å²) in [6.07, 6.45) is 2.39. The normalized spacial score (nSPS) is 20.5. The molecule has 1 N–H and O–H groups in total. The number of carbonyl (C=O) groups is 1. The van der Waals surface area contributed by atoms with Crippen molar-refractivity contribution in [1.82, 2.24) is 4.98 Å². The second-order valence-corrected chi connectivity index (χ2v) is 5.77. The first-order valence-corrected chi connectivity index (χ1v) is 7.10. The fourth-order valence-electron chi connectivity index (χ4n) is 2.26. The van der Waals surface area contributed by atoms with Crippen LogP contribution in [0.1, 0.15) is 17.9 Å². The average Bonchev–Trinajstić information content (AvgIpc) is 3.22. The van der Waals surface area contributed by atoms with Gasteiger partial charge in [-0.2, -0.15) is 0 Å². The van der Waals surface area contributed by atoms with Gasteiger partial charge in [-0.05, 0) is 58.1 Å². The third kappa shape index (κ3) is 2.88. The van der Waals surface area contributed by atoms with Crippen molar-refractivity contribution in [2.75, 3.05) is 5.32 Å². The van der Waals surface area contributed by atoms with Gasteiger partial charge in [0.1, 0.15) is 11.6 Å². The van der Waals surface area contributed by atoms with Crippen molar-refractivity contribution in [3.05, 3.63) is 58.4 Å². The Balaban J connectivity index is 1.64. The maximum Gasteiger partial charge on any atom is 0.229 e. The van der Waals surface area contributed by atoms with Crippen molar-refractivity contribution in [2.24, 2.45) is 5.92 Å². The number of benzene rings is 1. The van der Waals surface area contributed by atoms with Crippen molar-refractivity contribution in [2.45, 2.75) is 12.3 Å². The standard InChI is InChI=1S/C15H12BrFN2O/c16-10-4-5-14(18-8-10)19-15(20)13-7-12(13)9-2-1-3-11(17)6-9/h1-6,8,12-13H,7H2,(H,18,19,20)/t12-,13-/m0/s1. The number of anilines is 1. The monoisotopic (exact) mass is 334 g/mol. The smallest absolute Gasteiger partial charge is 0.229 e. The van der Waals surface area contributed by atoms with E-state index in [1.165, 1.54) is 12.1 Å². The summed E-state index contributed by atoms with van der Waals surface area (Å²) in [6, 6.07) is 10.00. The molecule has 0 bridgehead atoms. The van der Waals surface area contributed by atoms with E-state index in [0.717, 1.165) is 16.5 Å². The molecular formula is C15H12BrFN2O. The first kappa shape index (κ1) is 13.2. The van der Waals surface area contributed by atoms with Crippen LogP contribution in [0.3, 0.4) is 0 Å². The van der Waals surface area contributed by atoms with E-state index in [4.69, 9.17) is 0 Å². The molecule has 1 saturated carbocycles. The third-order valence-electron chi connectivity index (χ3n) is 3.38. The largest absolute Gasteiger partial charge is 0.310 e. The van der Waals surface area contributed by atoms with Gasteiger partial charge in [0.15, 0.2) is 0 Å². The zero-order valence-electron chi connectivity index (χ0n) is 10.5. The molecule has 0 unspecified atom stereocenters. The molecule has 102 valence electrons. The number of amides is 1. The summed E-state index contributed by atoms with van der Waals surface area (Å²) < 4.78 is 14.0. The maximum atomic E-state index is 13.2. The zero-order chi connectivity index (χ0) is 14.1. The molecule has 3 rings (SSSR count). The molecule has 1 aliphatic carbocycles. The SMILES string of the molecule is O=C(Nc1ccc(Br)cn1)[C@H]1C[C@H]1c1cccc(F)c1. The summed E-state index contributed by atoms with van der Waals surface area (Å²) in [7, 11) is 0. The molecule has 0 radical (unpaired) electrons. The Bertz CT molecular complexity index is 645. The van der Waals surface area contributed by atoms with E-state index in [2.05, 4.69) is 26.2 Å². The van der Waals surface area contributed by atoms with Crippen molar-refractivity contribution in [3.63, 3.8) is 0 Å². The predicted molar refractivity (Wildman–Crippen MR) is 77.8 cm³/mol. The number of nitrogens with zero attached hydrogens (tertiary/aromatic N) is 1. The van der Waals surface area contributed by atoms with Crippen molar-refractivity contribution >= 4 is 27.7 Å². The highest BCUT2D eigenvalue weighted by Crippen LogP contribution is 2.48. The van der Waals surface area contributed by atoms with Crippen LogP contribution in [0.15, 0.2) is 47.1 Å². The summed E-state index contributed by atoms with van der Waals surface area (Å²) in [5.41, 5.74) is 0.883. The fourth-order valence-corrected chi connectivity index (χ4v) is 2.49. The minimum Gasteiger partial charge on any atom is -0.310 e. The van der Waals surface area contributed by atoms with Gasteiger partial charge in [0, 0.05) is 16.6 Å². The predicted octanol–water partition coefficient (Wildman–Crippen LogP) is 3.73. The molecule has 20 heavy (non-hydrogen) atoms. The number of aromatic nitrogens is 1. The molecule has 1 aliphatic rings. The molecule has 0 saturated heterocycles. The van der Waals surface area contributed by atoms with Crippen LogP contribution in [0.2, 0.25) is 0 Å². The number of rotatable bonds is 3. The van der Waals surface area contributed by atoms with Gasteiger partial charge in [-0.3, -0.25) is 4.79 Å². The second kappa shape index (κ2) is 5.32. The Morgan fingerprint density at radius 1 is 1.35 bits per heavy atom. The van der Waals surface area contributed by atoms with Gasteiger partial charge in [-0.25, -0.2) is 9.37 Å². The van der Waals surface area contributed by atoms with Gasteiger partial charge < -0.3 is 5.32 Å². The van der Waals surface area contributed by atoms with Gasteiger partial charge >= 0.3 is 0 Å². The summed E-state index contributed by atoms with van der Waals surface area (Å²) in [5, 5.41) is 2.78. The van der Waals surface area contributed by atoms with Gasteiger partial charge in [0.2, 0.25) is 5.91 Å². The number of nitrogens with one attached hydrogen (secondary N) is 1. The Hall–Kier alpha value is -1.75. The van der Waals surface area contributed by atoms with E-state index in [1.807, 2.05) is 12.1 Å². The molecule has 2 atom stereocenters. The Labute approximate surface area is 124 Å². The zero-order valence-corrected chi connectivity index (χ0v) is 12.1. The number of hydrogen-bond acceptors (Lipinski definition) is 2. The second-order valence-electron chi connectivity index (χ2n) is 4.85. The van der Waals surface area contributed by atoms with Crippen LogP contribution in [0.4, 0.5) is 10.2 Å². The number of carbonyl (C=O) groups excluding carboxylic acids is 1. The van der Waals surface area contributed by atoms with Crippen molar-refractivity contribution < 1.29 is 9.18 Å². The average molecular weight is 335 g/mol. The molecule has 3 nitrogen and oxygen atoms in total. The third-order valence-corrected chi connectivity index (χ3v) is 3.85. The minimum atomic E-state index is -0.261. The van der Waals surface area contributed by atoms with Crippen molar-refractivity contribution in [1.29, 1.82) is 0 Å². The summed E-state index contributed by atoms with van der Waals surface area (Å²) in [4.78, 5) is 16.2. The number of halogens is 2. The lowest BCUT2D eigenvalue weighted by Gasteiger charge is -2.04. The molecule has 1 aromatic carbocycles. The van der Waals surface area contributed by atoms with Crippen LogP contribution in [0, 0.1) is 11.7 Å².